The molecule has 0 fully saturated rings. The zero-order chi connectivity index (χ0) is 13.7. The average Bonchev–Trinajstić information content (AvgIpc) is 2.82. The van der Waals surface area contributed by atoms with Gasteiger partial charge < -0.3 is 4.74 Å². The molecule has 0 radical (unpaired) electrons. The van der Waals surface area contributed by atoms with Crippen LogP contribution in [0.4, 0.5) is 5.13 Å². The van der Waals surface area contributed by atoms with E-state index in [1.807, 2.05) is 31.4 Å². The van der Waals surface area contributed by atoms with Gasteiger partial charge in [0.25, 0.3) is 5.91 Å². The molecule has 0 bridgehead atoms. The van der Waals surface area contributed by atoms with Crippen LogP contribution in [0.2, 0.25) is 0 Å². The quantitative estimate of drug-likeness (QED) is 0.909. The smallest absolute Gasteiger partial charge is 0.257 e. The maximum Gasteiger partial charge on any atom is 0.257 e. The monoisotopic (exact) mass is 276 g/mol. The highest BCUT2D eigenvalue weighted by Crippen LogP contribution is 2.18. The Labute approximate surface area is 116 Å². The normalized spacial score (nSPS) is 10.2. The third-order valence-electron chi connectivity index (χ3n) is 2.41. The van der Waals surface area contributed by atoms with E-state index >= 15 is 0 Å². The lowest BCUT2D eigenvalue weighted by molar-refractivity contribution is 0.102. The number of hydrogen-bond acceptors (Lipinski definition) is 4. The second kappa shape index (κ2) is 6.33. The van der Waals surface area contributed by atoms with Crippen molar-refractivity contribution in [2.45, 2.75) is 20.3 Å². The summed E-state index contributed by atoms with van der Waals surface area (Å²) in [5.41, 5.74) is 1.47. The van der Waals surface area contributed by atoms with Gasteiger partial charge >= 0.3 is 0 Å². The third kappa shape index (κ3) is 3.79. The molecule has 0 saturated carbocycles. The summed E-state index contributed by atoms with van der Waals surface area (Å²) in [6.45, 7) is 4.59. The van der Waals surface area contributed by atoms with Gasteiger partial charge in [-0.05, 0) is 31.5 Å². The summed E-state index contributed by atoms with van der Waals surface area (Å²) < 4.78 is 5.51. The first-order valence-corrected chi connectivity index (χ1v) is 7.03. The lowest BCUT2D eigenvalue weighted by Crippen LogP contribution is -2.11. The minimum Gasteiger partial charge on any atom is -0.494 e. The number of amides is 1. The molecule has 0 atom stereocenters. The van der Waals surface area contributed by atoms with Crippen LogP contribution in [0.1, 0.15) is 29.4 Å². The molecule has 0 spiro atoms. The van der Waals surface area contributed by atoms with Crippen LogP contribution in [0.15, 0.2) is 29.6 Å². The zero-order valence-electron chi connectivity index (χ0n) is 11.0. The van der Waals surface area contributed by atoms with E-state index < -0.39 is 0 Å². The van der Waals surface area contributed by atoms with Gasteiger partial charge in [-0.15, -0.1) is 11.3 Å². The molecular weight excluding hydrogens is 260 g/mol. The molecule has 0 aliphatic heterocycles. The maximum absolute atomic E-state index is 12.0. The van der Waals surface area contributed by atoms with Gasteiger partial charge in [-0.1, -0.05) is 13.0 Å². The molecule has 0 unspecified atom stereocenters. The molecule has 1 amide bonds. The van der Waals surface area contributed by atoms with Crippen LogP contribution >= 0.6 is 11.3 Å². The summed E-state index contributed by atoms with van der Waals surface area (Å²) in [6.07, 6.45) is 0.939. The molecule has 0 aliphatic rings. The van der Waals surface area contributed by atoms with Crippen molar-refractivity contribution in [3.05, 3.63) is 40.9 Å². The van der Waals surface area contributed by atoms with Crippen molar-refractivity contribution in [2.75, 3.05) is 11.9 Å². The van der Waals surface area contributed by atoms with E-state index in [2.05, 4.69) is 10.3 Å². The van der Waals surface area contributed by atoms with Crippen LogP contribution < -0.4 is 10.1 Å². The van der Waals surface area contributed by atoms with Crippen LogP contribution in [0.5, 0.6) is 5.75 Å². The first kappa shape index (κ1) is 13.5. The molecular formula is C14H16N2O2S. The molecule has 1 N–H and O–H groups in total. The Morgan fingerprint density at radius 3 is 3.00 bits per heavy atom. The topological polar surface area (TPSA) is 51.2 Å². The Morgan fingerprint density at radius 1 is 1.47 bits per heavy atom. The second-order valence-electron chi connectivity index (χ2n) is 4.12. The number of carbonyl (C=O) groups excluding carboxylic acids is 1. The van der Waals surface area contributed by atoms with Gasteiger partial charge in [0.05, 0.1) is 12.3 Å². The minimum atomic E-state index is -0.170. The number of rotatable bonds is 5. The van der Waals surface area contributed by atoms with E-state index in [-0.39, 0.29) is 5.91 Å². The highest BCUT2D eigenvalue weighted by atomic mass is 32.1. The fourth-order valence-corrected chi connectivity index (χ4v) is 2.21. The van der Waals surface area contributed by atoms with Gasteiger partial charge in [-0.25, -0.2) is 4.98 Å². The molecule has 19 heavy (non-hydrogen) atoms. The highest BCUT2D eigenvalue weighted by Gasteiger charge is 2.09. The molecule has 1 aromatic carbocycles. The Balaban J connectivity index is 2.06. The van der Waals surface area contributed by atoms with Crippen LogP contribution in [-0.2, 0) is 0 Å². The number of anilines is 1. The second-order valence-corrected chi connectivity index (χ2v) is 4.98. The number of benzene rings is 1. The van der Waals surface area contributed by atoms with Gasteiger partial charge in [-0.2, -0.15) is 0 Å². The number of aryl methyl sites for hydroxylation is 1. The van der Waals surface area contributed by atoms with Crippen LogP contribution in [0, 0.1) is 6.92 Å². The minimum absolute atomic E-state index is 0.170. The fourth-order valence-electron chi connectivity index (χ4n) is 1.53. The van der Waals surface area contributed by atoms with Gasteiger partial charge in [-0.3, -0.25) is 10.1 Å². The van der Waals surface area contributed by atoms with Gasteiger partial charge in [0.1, 0.15) is 5.75 Å². The van der Waals surface area contributed by atoms with Gasteiger partial charge in [0.15, 0.2) is 5.13 Å². The number of aromatic nitrogens is 1. The molecule has 2 rings (SSSR count). The number of nitrogens with zero attached hydrogens (tertiary/aromatic N) is 1. The van der Waals surface area contributed by atoms with E-state index in [0.29, 0.717) is 23.1 Å². The van der Waals surface area contributed by atoms with E-state index in [4.69, 9.17) is 4.74 Å². The van der Waals surface area contributed by atoms with Crippen molar-refractivity contribution in [1.29, 1.82) is 0 Å². The Bertz CT molecular complexity index is 566. The predicted molar refractivity (Wildman–Crippen MR) is 77.0 cm³/mol. The van der Waals surface area contributed by atoms with Crippen molar-refractivity contribution in [2.24, 2.45) is 0 Å². The average molecular weight is 276 g/mol. The Hall–Kier alpha value is -1.88. The third-order valence-corrected chi connectivity index (χ3v) is 3.28. The van der Waals surface area contributed by atoms with Gasteiger partial charge in [0, 0.05) is 10.9 Å². The van der Waals surface area contributed by atoms with Crippen molar-refractivity contribution < 1.29 is 9.53 Å². The first-order chi connectivity index (χ1) is 9.19. The highest BCUT2D eigenvalue weighted by molar-refractivity contribution is 7.13. The lowest BCUT2D eigenvalue weighted by Gasteiger charge is -2.06. The summed E-state index contributed by atoms with van der Waals surface area (Å²) in [7, 11) is 0. The largest absolute Gasteiger partial charge is 0.494 e. The maximum atomic E-state index is 12.0. The Morgan fingerprint density at radius 2 is 2.32 bits per heavy atom. The van der Waals surface area contributed by atoms with Crippen LogP contribution in [0.25, 0.3) is 0 Å². The van der Waals surface area contributed by atoms with E-state index in [0.717, 1.165) is 12.1 Å². The summed E-state index contributed by atoms with van der Waals surface area (Å²) in [5.74, 6) is 0.543. The van der Waals surface area contributed by atoms with Crippen molar-refractivity contribution >= 4 is 22.4 Å². The summed E-state index contributed by atoms with van der Waals surface area (Å²) in [5, 5.41) is 5.29. The van der Waals surface area contributed by atoms with E-state index in [1.165, 1.54) is 11.3 Å². The molecule has 5 heteroatoms. The number of nitrogens with one attached hydrogen (secondary N) is 1. The lowest BCUT2D eigenvalue weighted by atomic mass is 10.2. The molecule has 0 saturated heterocycles. The standard InChI is InChI=1S/C14H16N2O2S/c1-3-7-18-12-6-4-5-11(8-12)13(17)16-14-15-10(2)9-19-14/h4-6,8-9H,3,7H2,1-2H3,(H,15,16,17). The Kier molecular flexibility index (Phi) is 4.52. The summed E-state index contributed by atoms with van der Waals surface area (Å²) in [6, 6.07) is 7.16. The molecule has 4 nitrogen and oxygen atoms in total. The number of thiazole rings is 1. The van der Waals surface area contributed by atoms with Crippen LogP contribution in [0.3, 0.4) is 0 Å². The molecule has 1 heterocycles. The zero-order valence-corrected chi connectivity index (χ0v) is 11.8. The van der Waals surface area contributed by atoms with Crippen molar-refractivity contribution in [3.63, 3.8) is 0 Å². The number of hydrogen-bond donors (Lipinski definition) is 1. The molecule has 100 valence electrons. The summed E-state index contributed by atoms with van der Waals surface area (Å²) in [4.78, 5) is 16.3. The first-order valence-electron chi connectivity index (χ1n) is 6.15. The number of carbonyl (C=O) groups is 1. The van der Waals surface area contributed by atoms with Crippen molar-refractivity contribution in [1.82, 2.24) is 4.98 Å². The fraction of sp³-hybridized carbons (Fsp3) is 0.286. The molecule has 0 aliphatic carbocycles. The predicted octanol–water partition coefficient (Wildman–Crippen LogP) is 3.49. The van der Waals surface area contributed by atoms with E-state index in [1.54, 1.807) is 12.1 Å². The molecule has 1 aromatic heterocycles. The SMILES string of the molecule is CCCOc1cccc(C(=O)Nc2nc(C)cs2)c1. The van der Waals surface area contributed by atoms with E-state index in [9.17, 15) is 4.79 Å². The molecule has 2 aromatic rings. The van der Waals surface area contributed by atoms with Gasteiger partial charge in [0.2, 0.25) is 0 Å². The van der Waals surface area contributed by atoms with Crippen LogP contribution in [-0.4, -0.2) is 17.5 Å². The summed E-state index contributed by atoms with van der Waals surface area (Å²) >= 11 is 1.42. The van der Waals surface area contributed by atoms with Crippen molar-refractivity contribution in [3.8, 4) is 5.75 Å². The number of ether oxygens (including phenoxy) is 1.